The molecule has 2 atom stereocenters. The summed E-state index contributed by atoms with van der Waals surface area (Å²) in [6.07, 6.45) is 2.51. The predicted octanol–water partition coefficient (Wildman–Crippen LogP) is 2.83. The van der Waals surface area contributed by atoms with E-state index in [9.17, 15) is 0 Å². The first-order valence-electron chi connectivity index (χ1n) is 6.34. The lowest BCUT2D eigenvalue weighted by atomic mass is 9.70. The zero-order chi connectivity index (χ0) is 11.5. The lowest BCUT2D eigenvalue weighted by Gasteiger charge is -2.46. The van der Waals surface area contributed by atoms with Crippen molar-refractivity contribution in [1.82, 2.24) is 5.32 Å². The third-order valence-corrected chi connectivity index (χ3v) is 3.85. The van der Waals surface area contributed by atoms with Gasteiger partial charge in [-0.1, -0.05) is 27.7 Å². The molecule has 2 heteroatoms. The van der Waals surface area contributed by atoms with E-state index in [4.69, 9.17) is 4.74 Å². The fraction of sp³-hybridized carbons (Fsp3) is 1.00. The Kier molecular flexibility index (Phi) is 4.60. The van der Waals surface area contributed by atoms with Crippen molar-refractivity contribution in [3.05, 3.63) is 0 Å². The van der Waals surface area contributed by atoms with E-state index in [2.05, 4.69) is 39.9 Å². The minimum atomic E-state index is 0.479. The van der Waals surface area contributed by atoms with Gasteiger partial charge in [-0.25, -0.2) is 0 Å². The van der Waals surface area contributed by atoms with Crippen LogP contribution in [0.3, 0.4) is 0 Å². The SMILES string of the molecule is CCC1(C(C)CC(C)NC(C)C)COC1. The first kappa shape index (κ1) is 13.0. The Labute approximate surface area is 94.8 Å². The molecule has 0 bridgehead atoms. The zero-order valence-electron chi connectivity index (χ0n) is 11.0. The molecule has 15 heavy (non-hydrogen) atoms. The second-order valence-electron chi connectivity index (χ2n) is 5.57. The van der Waals surface area contributed by atoms with E-state index in [1.807, 2.05) is 0 Å². The van der Waals surface area contributed by atoms with E-state index in [1.165, 1.54) is 12.8 Å². The first-order valence-corrected chi connectivity index (χ1v) is 6.34. The van der Waals surface area contributed by atoms with E-state index >= 15 is 0 Å². The molecular formula is C13H27NO. The zero-order valence-corrected chi connectivity index (χ0v) is 11.0. The Balaban J connectivity index is 2.36. The van der Waals surface area contributed by atoms with Gasteiger partial charge in [-0.3, -0.25) is 0 Å². The van der Waals surface area contributed by atoms with Crippen molar-refractivity contribution in [2.75, 3.05) is 13.2 Å². The summed E-state index contributed by atoms with van der Waals surface area (Å²) in [7, 11) is 0. The van der Waals surface area contributed by atoms with Crippen LogP contribution >= 0.6 is 0 Å². The summed E-state index contributed by atoms with van der Waals surface area (Å²) in [6, 6.07) is 1.20. The van der Waals surface area contributed by atoms with Gasteiger partial charge in [-0.15, -0.1) is 0 Å². The molecule has 90 valence electrons. The summed E-state index contributed by atoms with van der Waals surface area (Å²) >= 11 is 0. The highest BCUT2D eigenvalue weighted by Gasteiger charge is 2.41. The van der Waals surface area contributed by atoms with Crippen LogP contribution in [-0.4, -0.2) is 25.3 Å². The molecule has 1 N–H and O–H groups in total. The predicted molar refractivity (Wildman–Crippen MR) is 65.1 cm³/mol. The monoisotopic (exact) mass is 213 g/mol. The normalized spacial score (nSPS) is 23.6. The lowest BCUT2D eigenvalue weighted by molar-refractivity contribution is -0.146. The van der Waals surface area contributed by atoms with Crippen molar-refractivity contribution in [1.29, 1.82) is 0 Å². The smallest absolute Gasteiger partial charge is 0.0547 e. The maximum Gasteiger partial charge on any atom is 0.0547 e. The molecule has 1 aliphatic rings. The molecule has 0 aromatic carbocycles. The Morgan fingerprint density at radius 1 is 1.20 bits per heavy atom. The fourth-order valence-electron chi connectivity index (χ4n) is 2.62. The van der Waals surface area contributed by atoms with E-state index in [-0.39, 0.29) is 0 Å². The van der Waals surface area contributed by atoms with Crippen molar-refractivity contribution < 1.29 is 4.74 Å². The number of ether oxygens (including phenoxy) is 1. The minimum Gasteiger partial charge on any atom is -0.380 e. The van der Waals surface area contributed by atoms with E-state index in [1.54, 1.807) is 0 Å². The summed E-state index contributed by atoms with van der Waals surface area (Å²) in [5, 5.41) is 3.58. The average molecular weight is 213 g/mol. The Morgan fingerprint density at radius 3 is 2.13 bits per heavy atom. The van der Waals surface area contributed by atoms with Crippen LogP contribution < -0.4 is 5.32 Å². The van der Waals surface area contributed by atoms with Crippen molar-refractivity contribution in [3.8, 4) is 0 Å². The van der Waals surface area contributed by atoms with Crippen LogP contribution in [0.15, 0.2) is 0 Å². The molecule has 0 spiro atoms. The van der Waals surface area contributed by atoms with Gasteiger partial charge in [0.05, 0.1) is 13.2 Å². The molecule has 2 nitrogen and oxygen atoms in total. The van der Waals surface area contributed by atoms with Gasteiger partial charge in [-0.2, -0.15) is 0 Å². The molecule has 1 rings (SSSR count). The highest BCUT2D eigenvalue weighted by Crippen LogP contribution is 2.41. The van der Waals surface area contributed by atoms with Crippen molar-refractivity contribution >= 4 is 0 Å². The first-order chi connectivity index (χ1) is 7.00. The summed E-state index contributed by atoms with van der Waals surface area (Å²) < 4.78 is 5.39. The standard InChI is InChI=1S/C13H27NO/c1-6-13(8-15-9-13)11(4)7-12(5)14-10(2)3/h10-12,14H,6-9H2,1-5H3. The van der Waals surface area contributed by atoms with Gasteiger partial charge in [0.15, 0.2) is 0 Å². The van der Waals surface area contributed by atoms with Crippen LogP contribution in [0.1, 0.15) is 47.5 Å². The molecule has 0 aliphatic carbocycles. The minimum absolute atomic E-state index is 0.479. The van der Waals surface area contributed by atoms with Gasteiger partial charge in [0, 0.05) is 17.5 Å². The second-order valence-corrected chi connectivity index (χ2v) is 5.57. The van der Waals surface area contributed by atoms with Crippen LogP contribution in [0.2, 0.25) is 0 Å². The quantitative estimate of drug-likeness (QED) is 0.732. The Morgan fingerprint density at radius 2 is 1.80 bits per heavy atom. The molecule has 0 aromatic heterocycles. The molecule has 0 amide bonds. The highest BCUT2D eigenvalue weighted by molar-refractivity contribution is 4.90. The molecule has 2 unspecified atom stereocenters. The number of hydrogen-bond donors (Lipinski definition) is 1. The molecule has 0 aromatic rings. The van der Waals surface area contributed by atoms with Gasteiger partial charge >= 0.3 is 0 Å². The molecule has 0 radical (unpaired) electrons. The summed E-state index contributed by atoms with van der Waals surface area (Å²) in [6.45, 7) is 13.3. The van der Waals surface area contributed by atoms with Crippen molar-refractivity contribution in [3.63, 3.8) is 0 Å². The number of rotatable bonds is 6. The van der Waals surface area contributed by atoms with Gasteiger partial charge in [0.2, 0.25) is 0 Å². The van der Waals surface area contributed by atoms with Crippen LogP contribution in [0.25, 0.3) is 0 Å². The number of nitrogens with one attached hydrogen (secondary N) is 1. The third kappa shape index (κ3) is 3.18. The average Bonchev–Trinajstić information content (AvgIpc) is 2.00. The Bertz CT molecular complexity index is 181. The summed E-state index contributed by atoms with van der Waals surface area (Å²) in [5.74, 6) is 0.762. The summed E-state index contributed by atoms with van der Waals surface area (Å²) in [5.41, 5.74) is 0.479. The maximum atomic E-state index is 5.39. The van der Waals surface area contributed by atoms with Crippen LogP contribution in [0.5, 0.6) is 0 Å². The van der Waals surface area contributed by atoms with Gasteiger partial charge in [0.1, 0.15) is 0 Å². The second kappa shape index (κ2) is 5.31. The largest absolute Gasteiger partial charge is 0.380 e. The van der Waals surface area contributed by atoms with E-state index in [0.29, 0.717) is 17.5 Å². The molecule has 0 saturated carbocycles. The highest BCUT2D eigenvalue weighted by atomic mass is 16.5. The Hall–Kier alpha value is -0.0800. The van der Waals surface area contributed by atoms with Gasteiger partial charge in [0.25, 0.3) is 0 Å². The van der Waals surface area contributed by atoms with Crippen LogP contribution in [-0.2, 0) is 4.74 Å². The summed E-state index contributed by atoms with van der Waals surface area (Å²) in [4.78, 5) is 0. The van der Waals surface area contributed by atoms with E-state index in [0.717, 1.165) is 19.1 Å². The van der Waals surface area contributed by atoms with Crippen LogP contribution in [0, 0.1) is 11.3 Å². The van der Waals surface area contributed by atoms with Crippen molar-refractivity contribution in [2.24, 2.45) is 11.3 Å². The molecular weight excluding hydrogens is 186 g/mol. The topological polar surface area (TPSA) is 21.3 Å². The third-order valence-electron chi connectivity index (χ3n) is 3.85. The lowest BCUT2D eigenvalue weighted by Crippen LogP contribution is -2.49. The van der Waals surface area contributed by atoms with Crippen molar-refractivity contribution in [2.45, 2.75) is 59.5 Å². The van der Waals surface area contributed by atoms with Gasteiger partial charge < -0.3 is 10.1 Å². The molecule has 1 aliphatic heterocycles. The van der Waals surface area contributed by atoms with Gasteiger partial charge in [-0.05, 0) is 25.7 Å². The van der Waals surface area contributed by atoms with Crippen LogP contribution in [0.4, 0.5) is 0 Å². The molecule has 1 saturated heterocycles. The van der Waals surface area contributed by atoms with E-state index < -0.39 is 0 Å². The number of hydrogen-bond acceptors (Lipinski definition) is 2. The fourth-order valence-corrected chi connectivity index (χ4v) is 2.62. The maximum absolute atomic E-state index is 5.39. The molecule has 1 fully saturated rings. The molecule has 1 heterocycles.